The van der Waals surface area contributed by atoms with Crippen molar-refractivity contribution in [2.24, 2.45) is 5.92 Å². The van der Waals surface area contributed by atoms with E-state index < -0.39 is 11.9 Å². The molecule has 0 saturated carbocycles. The number of aryl methyl sites for hydroxylation is 1. The molecular weight excluding hydrogens is 420 g/mol. The molecule has 1 aliphatic rings. The van der Waals surface area contributed by atoms with Gasteiger partial charge in [0.1, 0.15) is 18.1 Å². The van der Waals surface area contributed by atoms with Crippen molar-refractivity contribution in [3.8, 4) is 11.5 Å². The van der Waals surface area contributed by atoms with Crippen LogP contribution in [0.1, 0.15) is 83.8 Å². The summed E-state index contributed by atoms with van der Waals surface area (Å²) in [4.78, 5) is 35.3. The minimum atomic E-state index is -0.442. The number of ether oxygens (including phenoxy) is 3. The average Bonchev–Trinajstić information content (AvgIpc) is 2.71. The zero-order valence-corrected chi connectivity index (χ0v) is 20.5. The Hall–Kier alpha value is -2.89. The van der Waals surface area contributed by atoms with Crippen LogP contribution in [0.5, 0.6) is 11.5 Å². The topological polar surface area (TPSA) is 78.9 Å². The van der Waals surface area contributed by atoms with Gasteiger partial charge in [-0.3, -0.25) is 14.4 Å². The molecule has 0 unspecified atom stereocenters. The van der Waals surface area contributed by atoms with Crippen LogP contribution in [0.15, 0.2) is 35.9 Å². The van der Waals surface area contributed by atoms with E-state index in [4.69, 9.17) is 14.2 Å². The number of esters is 3. The number of hydrogen-bond donors (Lipinski definition) is 0. The third-order valence-electron chi connectivity index (χ3n) is 5.81. The van der Waals surface area contributed by atoms with Gasteiger partial charge in [0.15, 0.2) is 0 Å². The summed E-state index contributed by atoms with van der Waals surface area (Å²) in [6.45, 7) is 12.6. The maximum absolute atomic E-state index is 12.0. The fourth-order valence-electron chi connectivity index (χ4n) is 4.30. The van der Waals surface area contributed by atoms with Gasteiger partial charge in [0, 0.05) is 32.3 Å². The molecule has 0 radical (unpaired) electrons. The predicted octanol–water partition coefficient (Wildman–Crippen LogP) is 5.83. The SMILES string of the molecule is C=C(COC(C)=O)[C@@H]1CCC(C)=C[C@H]1c1c(OC(C)=O)cc(CCCCC)cc1OC(C)=O. The van der Waals surface area contributed by atoms with Gasteiger partial charge < -0.3 is 14.2 Å². The molecule has 1 aromatic rings. The molecule has 0 saturated heterocycles. The van der Waals surface area contributed by atoms with Crippen LogP contribution in [0.3, 0.4) is 0 Å². The Balaban J connectivity index is 2.60. The molecule has 0 N–H and O–H groups in total. The average molecular weight is 457 g/mol. The lowest BCUT2D eigenvalue weighted by molar-refractivity contribution is -0.140. The third-order valence-corrected chi connectivity index (χ3v) is 5.81. The summed E-state index contributed by atoms with van der Waals surface area (Å²) < 4.78 is 16.5. The van der Waals surface area contributed by atoms with Crippen LogP contribution < -0.4 is 9.47 Å². The summed E-state index contributed by atoms with van der Waals surface area (Å²) in [5.74, 6) is -0.765. The summed E-state index contributed by atoms with van der Waals surface area (Å²) in [5.41, 5.74) is 3.55. The van der Waals surface area contributed by atoms with E-state index in [1.54, 1.807) is 0 Å². The number of hydrogen-bond acceptors (Lipinski definition) is 6. The molecule has 6 heteroatoms. The highest BCUT2D eigenvalue weighted by Gasteiger charge is 2.33. The first kappa shape index (κ1) is 26.4. The van der Waals surface area contributed by atoms with Crippen LogP contribution in [0.25, 0.3) is 0 Å². The number of carbonyl (C=O) groups excluding carboxylic acids is 3. The lowest BCUT2D eigenvalue weighted by Gasteiger charge is -2.33. The molecule has 1 aliphatic carbocycles. The second kappa shape index (κ2) is 12.4. The molecule has 6 nitrogen and oxygen atoms in total. The second-order valence-electron chi connectivity index (χ2n) is 8.77. The maximum Gasteiger partial charge on any atom is 0.308 e. The van der Waals surface area contributed by atoms with Crippen LogP contribution in [0.4, 0.5) is 0 Å². The van der Waals surface area contributed by atoms with Crippen LogP contribution in [-0.4, -0.2) is 24.5 Å². The van der Waals surface area contributed by atoms with Crippen molar-refractivity contribution in [1.29, 1.82) is 0 Å². The van der Waals surface area contributed by atoms with Crippen molar-refractivity contribution in [3.63, 3.8) is 0 Å². The van der Waals surface area contributed by atoms with Crippen molar-refractivity contribution in [1.82, 2.24) is 0 Å². The number of allylic oxidation sites excluding steroid dienone is 2. The van der Waals surface area contributed by atoms with E-state index in [9.17, 15) is 14.4 Å². The maximum atomic E-state index is 12.0. The Kier molecular flexibility index (Phi) is 9.89. The molecule has 2 atom stereocenters. The molecule has 0 amide bonds. The Morgan fingerprint density at radius 1 is 1.00 bits per heavy atom. The summed E-state index contributed by atoms with van der Waals surface area (Å²) >= 11 is 0. The largest absolute Gasteiger partial charge is 0.461 e. The summed E-state index contributed by atoms with van der Waals surface area (Å²) in [5, 5.41) is 0. The molecular formula is C27H36O6. The highest BCUT2D eigenvalue weighted by Crippen LogP contribution is 2.47. The molecule has 0 spiro atoms. The second-order valence-corrected chi connectivity index (χ2v) is 8.77. The van der Waals surface area contributed by atoms with E-state index in [2.05, 4.69) is 19.6 Å². The first-order chi connectivity index (χ1) is 15.6. The van der Waals surface area contributed by atoms with E-state index in [1.807, 2.05) is 19.1 Å². The van der Waals surface area contributed by atoms with E-state index >= 15 is 0 Å². The van der Waals surface area contributed by atoms with Gasteiger partial charge in [-0.05, 0) is 61.8 Å². The number of rotatable bonds is 10. The zero-order valence-electron chi connectivity index (χ0n) is 20.5. The van der Waals surface area contributed by atoms with Gasteiger partial charge in [0.05, 0.1) is 0 Å². The lowest BCUT2D eigenvalue weighted by Crippen LogP contribution is -2.23. The van der Waals surface area contributed by atoms with Crippen LogP contribution >= 0.6 is 0 Å². The van der Waals surface area contributed by atoms with Crippen molar-refractivity contribution in [2.75, 3.05) is 6.61 Å². The van der Waals surface area contributed by atoms with Crippen molar-refractivity contribution < 1.29 is 28.6 Å². The van der Waals surface area contributed by atoms with E-state index in [1.165, 1.54) is 26.3 Å². The minimum Gasteiger partial charge on any atom is -0.461 e. The van der Waals surface area contributed by atoms with Crippen molar-refractivity contribution >= 4 is 17.9 Å². The van der Waals surface area contributed by atoms with Gasteiger partial charge >= 0.3 is 17.9 Å². The predicted molar refractivity (Wildman–Crippen MR) is 127 cm³/mol. The molecule has 0 fully saturated rings. The summed E-state index contributed by atoms with van der Waals surface area (Å²) in [6, 6.07) is 3.76. The molecule has 0 aromatic heterocycles. The Bertz CT molecular complexity index is 890. The highest BCUT2D eigenvalue weighted by molar-refractivity contribution is 5.73. The fourth-order valence-corrected chi connectivity index (χ4v) is 4.30. The highest BCUT2D eigenvalue weighted by atomic mass is 16.5. The normalized spacial score (nSPS) is 17.7. The van der Waals surface area contributed by atoms with E-state index in [0.29, 0.717) is 17.1 Å². The van der Waals surface area contributed by atoms with Gasteiger partial charge in [-0.1, -0.05) is 38.0 Å². The quantitative estimate of drug-likeness (QED) is 0.191. The Labute approximate surface area is 197 Å². The Morgan fingerprint density at radius 2 is 1.61 bits per heavy atom. The lowest BCUT2D eigenvalue weighted by atomic mass is 9.73. The van der Waals surface area contributed by atoms with Crippen molar-refractivity contribution in [3.05, 3.63) is 47.1 Å². The van der Waals surface area contributed by atoms with Crippen LogP contribution in [0, 0.1) is 5.92 Å². The van der Waals surface area contributed by atoms with Gasteiger partial charge in [0.2, 0.25) is 0 Å². The summed E-state index contributed by atoms with van der Waals surface area (Å²) in [6.07, 6.45) is 7.72. The molecule has 0 aliphatic heterocycles. The van der Waals surface area contributed by atoms with E-state index in [-0.39, 0.29) is 24.4 Å². The third kappa shape index (κ3) is 7.88. The van der Waals surface area contributed by atoms with Gasteiger partial charge in [0.25, 0.3) is 0 Å². The minimum absolute atomic E-state index is 0.0670. The smallest absolute Gasteiger partial charge is 0.308 e. The van der Waals surface area contributed by atoms with Crippen LogP contribution in [-0.2, 0) is 25.5 Å². The van der Waals surface area contributed by atoms with Crippen molar-refractivity contribution in [2.45, 2.75) is 79.1 Å². The molecule has 1 aromatic carbocycles. The molecule has 0 bridgehead atoms. The fraction of sp³-hybridized carbons (Fsp3) is 0.519. The summed E-state index contributed by atoms with van der Waals surface area (Å²) in [7, 11) is 0. The Morgan fingerprint density at radius 3 is 2.12 bits per heavy atom. The van der Waals surface area contributed by atoms with Gasteiger partial charge in [-0.25, -0.2) is 0 Å². The van der Waals surface area contributed by atoms with E-state index in [0.717, 1.165) is 49.7 Å². The number of benzene rings is 1. The molecule has 0 heterocycles. The van der Waals surface area contributed by atoms with Crippen LogP contribution in [0.2, 0.25) is 0 Å². The number of unbranched alkanes of at least 4 members (excludes halogenated alkanes) is 2. The zero-order chi connectivity index (χ0) is 24.5. The standard InChI is InChI=1S/C27H36O6/c1-7-8-9-10-22-14-25(32-20(5)29)27(26(15-22)33-21(6)30)24-13-17(2)11-12-23(24)18(3)16-31-19(4)28/h13-15,23-24H,3,7-12,16H2,1-2,4-6H3/t23-,24+/m0/s1. The monoisotopic (exact) mass is 456 g/mol. The first-order valence-corrected chi connectivity index (χ1v) is 11.6. The molecule has 33 heavy (non-hydrogen) atoms. The molecule has 2 rings (SSSR count). The van der Waals surface area contributed by atoms with Gasteiger partial charge in [-0.2, -0.15) is 0 Å². The first-order valence-electron chi connectivity index (χ1n) is 11.6. The molecule has 180 valence electrons. The van der Waals surface area contributed by atoms with Gasteiger partial charge in [-0.15, -0.1) is 0 Å². The number of carbonyl (C=O) groups is 3.